The molecule has 1 rings (SSSR count). The molecule has 0 saturated carbocycles. The van der Waals surface area contributed by atoms with Gasteiger partial charge in [0.15, 0.2) is 0 Å². The van der Waals surface area contributed by atoms with Crippen LogP contribution in [-0.4, -0.2) is 68.4 Å². The molecule has 7 nitrogen and oxygen atoms in total. The van der Waals surface area contributed by atoms with E-state index in [1.54, 1.807) is 6.21 Å². The Kier molecular flexibility index (Phi) is 18.4. The van der Waals surface area contributed by atoms with E-state index in [2.05, 4.69) is 45.8 Å². The first kappa shape index (κ1) is 33.6. The van der Waals surface area contributed by atoms with Gasteiger partial charge in [-0.25, -0.2) is 4.39 Å². The average Bonchev–Trinajstić information content (AvgIpc) is 2.91. The minimum absolute atomic E-state index is 0.314. The maximum absolute atomic E-state index is 14.1. The number of nitrogens with two attached hydrogens (primary N) is 2. The fourth-order valence-electron chi connectivity index (χ4n) is 3.71. The Bertz CT molecular complexity index is 779. The summed E-state index contributed by atoms with van der Waals surface area (Å²) in [7, 11) is 1.50. The van der Waals surface area contributed by atoms with E-state index in [0.29, 0.717) is 30.4 Å². The zero-order chi connectivity index (χ0) is 27.5. The predicted molar refractivity (Wildman–Crippen MR) is 153 cm³/mol. The van der Waals surface area contributed by atoms with Crippen LogP contribution in [0.3, 0.4) is 0 Å². The first-order chi connectivity index (χ1) is 17.3. The summed E-state index contributed by atoms with van der Waals surface area (Å²) in [6.45, 7) is 16.2. The van der Waals surface area contributed by atoms with E-state index in [1.165, 1.54) is 12.6 Å². The molecular weight excluding hydrogens is 455 g/mol. The lowest BCUT2D eigenvalue weighted by molar-refractivity contribution is 0.115. The normalized spacial score (nSPS) is 18.0. The molecule has 1 aliphatic heterocycles. The number of alkyl halides is 1. The van der Waals surface area contributed by atoms with Gasteiger partial charge < -0.3 is 32.1 Å². The molecule has 1 heterocycles. The Morgan fingerprint density at radius 2 is 1.92 bits per heavy atom. The second-order valence-corrected chi connectivity index (χ2v) is 8.81. The molecule has 0 aromatic carbocycles. The van der Waals surface area contributed by atoms with Gasteiger partial charge in [0.05, 0.1) is 24.0 Å². The molecule has 206 valence electrons. The van der Waals surface area contributed by atoms with Crippen molar-refractivity contribution in [2.75, 3.05) is 39.9 Å². The summed E-state index contributed by atoms with van der Waals surface area (Å²) in [6, 6.07) is -0.314. The highest BCUT2D eigenvalue weighted by Gasteiger charge is 2.23. The molecule has 0 aromatic rings. The van der Waals surface area contributed by atoms with Crippen molar-refractivity contribution in [1.82, 2.24) is 15.5 Å². The van der Waals surface area contributed by atoms with Crippen LogP contribution in [0.4, 0.5) is 4.39 Å². The standard InChI is InChI=1S/C27H46FN5O.CH5N/c1-7-10-25(26(16-28)33-13-11-24(17-29)12-14-33)32-27(34)22(6)31-18-21(5)20(4)15-23(8-2)19-30-9-3;1-2/h7,9-10,15,18,22,24,27,31-32,34H,4,8,11-14,16-17,19,29H2,1-3,5-6H3;2H2,1H3/b10-7-,21-18+,23-15-,26-25-,30-9?;. The molecule has 7 N–H and O–H groups in total. The van der Waals surface area contributed by atoms with Crippen LogP contribution in [-0.2, 0) is 0 Å². The summed E-state index contributed by atoms with van der Waals surface area (Å²) < 4.78 is 14.1. The molecule has 0 amide bonds. The topological polar surface area (TPSA) is 112 Å². The first-order valence-corrected chi connectivity index (χ1v) is 13.0. The number of likely N-dealkylation sites (tertiary alicyclic amines) is 1. The Morgan fingerprint density at radius 3 is 2.42 bits per heavy atom. The molecule has 1 saturated heterocycles. The minimum atomic E-state index is -0.910. The van der Waals surface area contributed by atoms with Gasteiger partial charge in [-0.2, -0.15) is 0 Å². The molecule has 0 aliphatic carbocycles. The Balaban J connectivity index is 0.00000596. The number of halogens is 1. The fraction of sp³-hybridized carbons (Fsp3) is 0.607. The molecular formula is C28H51FN6O. The third kappa shape index (κ3) is 12.0. The van der Waals surface area contributed by atoms with Crippen molar-refractivity contribution in [2.45, 2.75) is 66.2 Å². The monoisotopic (exact) mass is 506 g/mol. The third-order valence-corrected chi connectivity index (χ3v) is 6.26. The number of nitrogens with zero attached hydrogens (tertiary/aromatic N) is 2. The highest BCUT2D eigenvalue weighted by atomic mass is 19.1. The molecule has 0 radical (unpaired) electrons. The van der Waals surface area contributed by atoms with Gasteiger partial charge in [0, 0.05) is 19.3 Å². The molecule has 0 aromatic heterocycles. The minimum Gasteiger partial charge on any atom is -0.384 e. The summed E-state index contributed by atoms with van der Waals surface area (Å²) in [5.74, 6) is 0.498. The number of rotatable bonds is 14. The highest BCUT2D eigenvalue weighted by Crippen LogP contribution is 2.22. The van der Waals surface area contributed by atoms with Crippen LogP contribution in [0.1, 0.15) is 53.9 Å². The van der Waals surface area contributed by atoms with Crippen molar-refractivity contribution in [1.29, 1.82) is 0 Å². The summed E-state index contributed by atoms with van der Waals surface area (Å²) in [6.07, 6.45) is 11.3. The molecule has 36 heavy (non-hydrogen) atoms. The zero-order valence-corrected chi connectivity index (χ0v) is 23.4. The van der Waals surface area contributed by atoms with Gasteiger partial charge in [0.25, 0.3) is 0 Å². The second-order valence-electron chi connectivity index (χ2n) is 8.81. The van der Waals surface area contributed by atoms with E-state index in [-0.39, 0.29) is 6.04 Å². The van der Waals surface area contributed by atoms with E-state index in [0.717, 1.165) is 43.5 Å². The Morgan fingerprint density at radius 1 is 1.28 bits per heavy atom. The number of aliphatic hydroxyl groups is 1. The highest BCUT2D eigenvalue weighted by molar-refractivity contribution is 5.53. The quantitative estimate of drug-likeness (QED) is 0.139. The lowest BCUT2D eigenvalue weighted by Gasteiger charge is -2.35. The van der Waals surface area contributed by atoms with E-state index in [1.807, 2.05) is 46.0 Å². The Hall–Kier alpha value is -2.42. The maximum Gasteiger partial charge on any atom is 0.144 e. The smallest absolute Gasteiger partial charge is 0.144 e. The summed E-state index contributed by atoms with van der Waals surface area (Å²) >= 11 is 0. The summed E-state index contributed by atoms with van der Waals surface area (Å²) in [4.78, 5) is 6.36. The van der Waals surface area contributed by atoms with Gasteiger partial charge in [-0.15, -0.1) is 0 Å². The molecule has 0 spiro atoms. The van der Waals surface area contributed by atoms with Gasteiger partial charge in [-0.05, 0) is 95.5 Å². The van der Waals surface area contributed by atoms with Crippen LogP contribution in [0.25, 0.3) is 0 Å². The zero-order valence-electron chi connectivity index (χ0n) is 23.4. The van der Waals surface area contributed by atoms with Crippen LogP contribution in [0.2, 0.25) is 0 Å². The molecule has 2 unspecified atom stereocenters. The van der Waals surface area contributed by atoms with Crippen molar-refractivity contribution in [3.8, 4) is 0 Å². The first-order valence-electron chi connectivity index (χ1n) is 13.0. The van der Waals surface area contributed by atoms with Crippen LogP contribution in [0.15, 0.2) is 64.1 Å². The van der Waals surface area contributed by atoms with Crippen LogP contribution in [0.5, 0.6) is 0 Å². The molecule has 1 aliphatic rings. The van der Waals surface area contributed by atoms with Crippen molar-refractivity contribution >= 4 is 6.21 Å². The number of piperidine rings is 1. The van der Waals surface area contributed by atoms with Crippen molar-refractivity contribution in [2.24, 2.45) is 22.4 Å². The predicted octanol–water partition coefficient (Wildman–Crippen LogP) is 3.76. The average molecular weight is 507 g/mol. The van der Waals surface area contributed by atoms with Crippen molar-refractivity contribution < 1.29 is 9.50 Å². The number of aliphatic imine (C=N–C) groups is 1. The Labute approximate surface area is 219 Å². The maximum atomic E-state index is 14.1. The van der Waals surface area contributed by atoms with Gasteiger partial charge in [-0.3, -0.25) is 4.99 Å². The van der Waals surface area contributed by atoms with Crippen LogP contribution in [0, 0.1) is 5.92 Å². The molecule has 2 atom stereocenters. The fourth-order valence-corrected chi connectivity index (χ4v) is 3.71. The lowest BCUT2D eigenvalue weighted by Crippen LogP contribution is -2.45. The van der Waals surface area contributed by atoms with E-state index < -0.39 is 12.9 Å². The van der Waals surface area contributed by atoms with Gasteiger partial charge in [0.2, 0.25) is 0 Å². The molecule has 8 heteroatoms. The molecule has 1 fully saturated rings. The van der Waals surface area contributed by atoms with Crippen molar-refractivity contribution in [3.05, 3.63) is 59.1 Å². The number of hydrogen-bond donors (Lipinski definition) is 5. The molecule has 0 bridgehead atoms. The third-order valence-electron chi connectivity index (χ3n) is 6.26. The van der Waals surface area contributed by atoms with Crippen LogP contribution >= 0.6 is 0 Å². The van der Waals surface area contributed by atoms with E-state index in [9.17, 15) is 9.50 Å². The van der Waals surface area contributed by atoms with Gasteiger partial charge in [0.1, 0.15) is 12.9 Å². The van der Waals surface area contributed by atoms with Gasteiger partial charge >= 0.3 is 0 Å². The second kappa shape index (κ2) is 19.7. The van der Waals surface area contributed by atoms with Gasteiger partial charge in [-0.1, -0.05) is 25.7 Å². The largest absolute Gasteiger partial charge is 0.384 e. The van der Waals surface area contributed by atoms with E-state index in [4.69, 9.17) is 5.73 Å². The van der Waals surface area contributed by atoms with Crippen molar-refractivity contribution in [3.63, 3.8) is 0 Å². The lowest BCUT2D eigenvalue weighted by atomic mass is 9.96. The number of hydrogen-bond acceptors (Lipinski definition) is 7. The number of nitrogens with one attached hydrogen (secondary N) is 2. The summed E-state index contributed by atoms with van der Waals surface area (Å²) in [5, 5.41) is 17.1. The number of aliphatic hydroxyl groups excluding tert-OH is 1. The van der Waals surface area contributed by atoms with E-state index >= 15 is 0 Å². The van der Waals surface area contributed by atoms with Crippen LogP contribution < -0.4 is 22.1 Å². The number of allylic oxidation sites excluding steroid dienone is 6. The SMILES string of the molecule is C=C(/C=C(/CC)CN=CC)/C(C)=C/NC(C)C(O)NC(/C=C\C)=C(/CF)N1CCC(CN)CC1.CN. The summed E-state index contributed by atoms with van der Waals surface area (Å²) in [5.41, 5.74) is 14.6.